The fraction of sp³-hybridized carbons (Fsp3) is 0.238. The first-order valence-corrected chi connectivity index (χ1v) is 9.71. The summed E-state index contributed by atoms with van der Waals surface area (Å²) >= 11 is 0. The molecule has 5 rings (SSSR count). The second kappa shape index (κ2) is 6.83. The summed E-state index contributed by atoms with van der Waals surface area (Å²) in [7, 11) is 1.32. The number of nitrogens with zero attached hydrogens (tertiary/aromatic N) is 5. The first-order chi connectivity index (χ1) is 15.5. The summed E-state index contributed by atoms with van der Waals surface area (Å²) in [6.45, 7) is 0. The Bertz CT molecular complexity index is 1430. The summed E-state index contributed by atoms with van der Waals surface area (Å²) in [6, 6.07) is 2.51. The normalized spacial score (nSPS) is 17.5. The van der Waals surface area contributed by atoms with Crippen LogP contribution in [0.25, 0.3) is 16.6 Å². The molecular weight excluding hydrogens is 447 g/mol. The lowest BCUT2D eigenvalue weighted by atomic mass is 10.0. The standard InChI is InChI=1S/C21H15F5N6O/c1-31(16-6-20(22,23)12-4-10(21(24,25)26)2-3-11(12)16)19(33)13-5-15-14(7-29-13)30-18(27)17-8-28-9-32(15)17/h2-5,7-9,16H,6H2,1H3,(H2,27,30)/t16-/m0/s1. The number of halogens is 5. The number of benzene rings is 1. The van der Waals surface area contributed by atoms with Gasteiger partial charge in [0, 0.05) is 19.0 Å². The topological polar surface area (TPSA) is 89.4 Å². The molecule has 0 unspecified atom stereocenters. The minimum atomic E-state index is -4.75. The molecule has 33 heavy (non-hydrogen) atoms. The first kappa shape index (κ1) is 21.0. The summed E-state index contributed by atoms with van der Waals surface area (Å²) in [5.41, 5.74) is 5.32. The third kappa shape index (κ3) is 3.24. The van der Waals surface area contributed by atoms with Crippen molar-refractivity contribution in [3.05, 3.63) is 65.4 Å². The van der Waals surface area contributed by atoms with E-state index in [0.29, 0.717) is 22.6 Å². The molecule has 170 valence electrons. The van der Waals surface area contributed by atoms with Crippen LogP contribution in [0.5, 0.6) is 0 Å². The van der Waals surface area contributed by atoms with Crippen LogP contribution in [0, 0.1) is 0 Å². The third-order valence-electron chi connectivity index (χ3n) is 5.85. The smallest absolute Gasteiger partial charge is 0.382 e. The van der Waals surface area contributed by atoms with Gasteiger partial charge in [0.2, 0.25) is 0 Å². The van der Waals surface area contributed by atoms with Crippen molar-refractivity contribution in [1.82, 2.24) is 24.3 Å². The number of carbonyl (C=O) groups is 1. The zero-order valence-electron chi connectivity index (χ0n) is 16.9. The third-order valence-corrected chi connectivity index (χ3v) is 5.85. The number of rotatable bonds is 2. The Labute approximate surface area is 182 Å². The number of hydrogen-bond donors (Lipinski definition) is 1. The van der Waals surface area contributed by atoms with Crippen molar-refractivity contribution in [1.29, 1.82) is 0 Å². The molecule has 1 atom stereocenters. The summed E-state index contributed by atoms with van der Waals surface area (Å²) in [6.07, 6.45) is -1.26. The maximum atomic E-state index is 14.6. The van der Waals surface area contributed by atoms with Gasteiger partial charge in [0.15, 0.2) is 0 Å². The molecule has 0 spiro atoms. The number of fused-ring (bicyclic) bond motifs is 4. The molecule has 0 saturated heterocycles. The van der Waals surface area contributed by atoms with Crippen LogP contribution in [-0.4, -0.2) is 37.2 Å². The number of anilines is 1. The van der Waals surface area contributed by atoms with E-state index in [1.165, 1.54) is 31.8 Å². The van der Waals surface area contributed by atoms with Gasteiger partial charge in [0.05, 0.1) is 35.8 Å². The van der Waals surface area contributed by atoms with Crippen molar-refractivity contribution in [3.63, 3.8) is 0 Å². The van der Waals surface area contributed by atoms with Crippen LogP contribution >= 0.6 is 0 Å². The van der Waals surface area contributed by atoms with Gasteiger partial charge in [-0.2, -0.15) is 13.2 Å². The molecule has 1 aliphatic rings. The van der Waals surface area contributed by atoms with Crippen molar-refractivity contribution in [2.75, 3.05) is 12.8 Å². The maximum Gasteiger partial charge on any atom is 0.416 e. The Morgan fingerprint density at radius 1 is 1.21 bits per heavy atom. The first-order valence-electron chi connectivity index (χ1n) is 9.71. The molecule has 1 amide bonds. The molecular formula is C21H15F5N6O. The van der Waals surface area contributed by atoms with E-state index in [0.717, 1.165) is 17.0 Å². The van der Waals surface area contributed by atoms with E-state index >= 15 is 0 Å². The van der Waals surface area contributed by atoms with E-state index in [-0.39, 0.29) is 17.1 Å². The van der Waals surface area contributed by atoms with Gasteiger partial charge in [-0.3, -0.25) is 9.20 Å². The Hall–Kier alpha value is -3.83. The molecule has 12 heteroatoms. The Kier molecular flexibility index (Phi) is 4.36. The largest absolute Gasteiger partial charge is 0.416 e. The number of amides is 1. The minimum absolute atomic E-state index is 0.0314. The second-order valence-electron chi connectivity index (χ2n) is 7.84. The molecule has 0 radical (unpaired) electrons. The lowest BCUT2D eigenvalue weighted by Gasteiger charge is -2.25. The summed E-state index contributed by atoms with van der Waals surface area (Å²) in [4.78, 5) is 26.5. The molecule has 1 aliphatic carbocycles. The van der Waals surface area contributed by atoms with Gasteiger partial charge in [-0.15, -0.1) is 0 Å². The summed E-state index contributed by atoms with van der Waals surface area (Å²) in [5, 5.41) is 0. The van der Waals surface area contributed by atoms with Gasteiger partial charge in [0.25, 0.3) is 11.8 Å². The number of pyridine rings is 1. The maximum absolute atomic E-state index is 14.6. The average molecular weight is 462 g/mol. The average Bonchev–Trinajstić information content (AvgIpc) is 3.35. The van der Waals surface area contributed by atoms with Crippen LogP contribution in [0.1, 0.15) is 39.6 Å². The Balaban J connectivity index is 1.53. The molecule has 1 aromatic carbocycles. The molecule has 0 aliphatic heterocycles. The van der Waals surface area contributed by atoms with Gasteiger partial charge in [-0.25, -0.2) is 23.7 Å². The summed E-state index contributed by atoms with van der Waals surface area (Å²) in [5.74, 6) is -3.96. The van der Waals surface area contributed by atoms with Crippen LogP contribution < -0.4 is 5.73 Å². The highest BCUT2D eigenvalue weighted by Crippen LogP contribution is 2.50. The number of nitrogen functional groups attached to an aromatic ring is 1. The van der Waals surface area contributed by atoms with E-state index in [2.05, 4.69) is 15.0 Å². The van der Waals surface area contributed by atoms with E-state index in [1.54, 1.807) is 4.40 Å². The zero-order chi connectivity index (χ0) is 23.7. The van der Waals surface area contributed by atoms with E-state index in [1.807, 2.05) is 0 Å². The number of carbonyl (C=O) groups excluding carboxylic acids is 1. The fourth-order valence-electron chi connectivity index (χ4n) is 4.17. The van der Waals surface area contributed by atoms with Crippen LogP contribution in [0.15, 0.2) is 43.0 Å². The number of aromatic nitrogens is 4. The highest BCUT2D eigenvalue weighted by molar-refractivity contribution is 5.96. The predicted molar refractivity (Wildman–Crippen MR) is 107 cm³/mol. The van der Waals surface area contributed by atoms with Gasteiger partial charge >= 0.3 is 6.18 Å². The molecule has 2 N–H and O–H groups in total. The second-order valence-corrected chi connectivity index (χ2v) is 7.84. The van der Waals surface area contributed by atoms with Gasteiger partial charge in [-0.1, -0.05) is 6.07 Å². The monoisotopic (exact) mass is 462 g/mol. The van der Waals surface area contributed by atoms with Crippen LogP contribution in [0.2, 0.25) is 0 Å². The SMILES string of the molecule is CN(C(=O)c1cc2c(cn1)nc(N)c1cncn12)[C@H]1CC(F)(F)c2cc(C(F)(F)F)ccc21. The minimum Gasteiger partial charge on any atom is -0.382 e. The zero-order valence-corrected chi connectivity index (χ0v) is 16.9. The quantitative estimate of drug-likeness (QED) is 0.452. The van der Waals surface area contributed by atoms with Crippen molar-refractivity contribution < 1.29 is 26.7 Å². The molecule has 0 fully saturated rings. The fourth-order valence-corrected chi connectivity index (χ4v) is 4.17. The Morgan fingerprint density at radius 3 is 2.70 bits per heavy atom. The lowest BCUT2D eigenvalue weighted by molar-refractivity contribution is -0.137. The highest BCUT2D eigenvalue weighted by atomic mass is 19.4. The number of hydrogen-bond acceptors (Lipinski definition) is 5. The van der Waals surface area contributed by atoms with Gasteiger partial charge in [0.1, 0.15) is 22.5 Å². The molecule has 4 aromatic rings. The van der Waals surface area contributed by atoms with Crippen molar-refractivity contribution in [2.24, 2.45) is 0 Å². The predicted octanol–water partition coefficient (Wildman–Crippen LogP) is 4.19. The van der Waals surface area contributed by atoms with Crippen LogP contribution in [0.4, 0.5) is 27.8 Å². The number of alkyl halides is 5. The highest BCUT2D eigenvalue weighted by Gasteiger charge is 2.48. The van der Waals surface area contributed by atoms with Crippen molar-refractivity contribution >= 4 is 28.3 Å². The summed E-state index contributed by atoms with van der Waals surface area (Å²) < 4.78 is 69.9. The van der Waals surface area contributed by atoms with Gasteiger partial charge in [-0.05, 0) is 23.8 Å². The molecule has 7 nitrogen and oxygen atoms in total. The van der Waals surface area contributed by atoms with E-state index < -0.39 is 41.6 Å². The molecule has 0 bridgehead atoms. The van der Waals surface area contributed by atoms with Crippen LogP contribution in [0.3, 0.4) is 0 Å². The van der Waals surface area contributed by atoms with E-state index in [4.69, 9.17) is 5.73 Å². The molecule has 3 heterocycles. The van der Waals surface area contributed by atoms with Gasteiger partial charge < -0.3 is 10.6 Å². The number of nitrogens with two attached hydrogens (primary N) is 1. The molecule has 3 aromatic heterocycles. The lowest BCUT2D eigenvalue weighted by Crippen LogP contribution is -2.31. The van der Waals surface area contributed by atoms with Crippen molar-refractivity contribution in [3.8, 4) is 0 Å². The van der Waals surface area contributed by atoms with Crippen molar-refractivity contribution in [2.45, 2.75) is 24.6 Å². The Morgan fingerprint density at radius 2 is 1.97 bits per heavy atom. The van der Waals surface area contributed by atoms with Crippen LogP contribution in [-0.2, 0) is 12.1 Å². The van der Waals surface area contributed by atoms with E-state index in [9.17, 15) is 26.7 Å². The molecule has 0 saturated carbocycles. The number of imidazole rings is 1.